The van der Waals surface area contributed by atoms with Crippen LogP contribution in [0.2, 0.25) is 0 Å². The number of pyridine rings is 1. The molecule has 0 unspecified atom stereocenters. The number of hydrogen-bond acceptors (Lipinski definition) is 2. The van der Waals surface area contributed by atoms with Crippen LogP contribution in [0.15, 0.2) is 54.9 Å². The average Bonchev–Trinajstić information content (AvgIpc) is 3.33. The Morgan fingerprint density at radius 3 is 2.78 bits per heavy atom. The van der Waals surface area contributed by atoms with Gasteiger partial charge < -0.3 is 9.30 Å². The van der Waals surface area contributed by atoms with Crippen LogP contribution in [-0.2, 0) is 6.54 Å². The molecule has 0 atom stereocenters. The molecule has 4 rings (SSSR count). The third-order valence-corrected chi connectivity index (χ3v) is 4.18. The van der Waals surface area contributed by atoms with Gasteiger partial charge in [-0.15, -0.1) is 0 Å². The number of hydrogen-bond donors (Lipinski definition) is 0. The van der Waals surface area contributed by atoms with E-state index in [1.807, 2.05) is 28.8 Å². The van der Waals surface area contributed by atoms with Crippen molar-refractivity contribution in [2.45, 2.75) is 25.4 Å². The molecule has 1 fully saturated rings. The number of benzene rings is 1. The van der Waals surface area contributed by atoms with Gasteiger partial charge in [-0.1, -0.05) is 18.2 Å². The Morgan fingerprint density at radius 1 is 1.22 bits per heavy atom. The summed E-state index contributed by atoms with van der Waals surface area (Å²) in [4.78, 5) is 18.9. The summed E-state index contributed by atoms with van der Waals surface area (Å²) in [7, 11) is 0. The van der Waals surface area contributed by atoms with Gasteiger partial charge in [0.15, 0.2) is 0 Å². The van der Waals surface area contributed by atoms with Crippen LogP contribution in [0.1, 0.15) is 28.9 Å². The largest absolute Gasteiger partial charge is 0.330 e. The molecule has 4 nitrogen and oxygen atoms in total. The van der Waals surface area contributed by atoms with E-state index in [9.17, 15) is 9.18 Å². The summed E-state index contributed by atoms with van der Waals surface area (Å²) in [6.45, 7) is 0.434. The number of amides is 1. The lowest BCUT2D eigenvalue weighted by atomic mass is 10.1. The summed E-state index contributed by atoms with van der Waals surface area (Å²) in [6, 6.07) is 12.1. The van der Waals surface area contributed by atoms with Gasteiger partial charge in [0.05, 0.1) is 24.0 Å². The van der Waals surface area contributed by atoms with Gasteiger partial charge in [-0.3, -0.25) is 4.79 Å². The van der Waals surface area contributed by atoms with Gasteiger partial charge in [0, 0.05) is 12.2 Å². The molecule has 23 heavy (non-hydrogen) atoms. The molecule has 5 heteroatoms. The first-order chi connectivity index (χ1) is 11.2. The van der Waals surface area contributed by atoms with E-state index in [0.717, 1.165) is 24.2 Å². The van der Waals surface area contributed by atoms with Crippen molar-refractivity contribution in [3.05, 3.63) is 71.9 Å². The lowest BCUT2D eigenvalue weighted by Gasteiger charge is -2.22. The molecule has 1 aliphatic carbocycles. The summed E-state index contributed by atoms with van der Waals surface area (Å²) in [5.41, 5.74) is 1.90. The maximum atomic E-state index is 14.0. The van der Waals surface area contributed by atoms with Gasteiger partial charge in [0.2, 0.25) is 0 Å². The van der Waals surface area contributed by atoms with Crippen molar-refractivity contribution in [2.24, 2.45) is 0 Å². The predicted octanol–water partition coefficient (Wildman–Crippen LogP) is 3.28. The standard InChI is InChI=1S/C18H16FN3O/c19-16-6-2-1-5-15(16)18(23)22(13-8-9-13)12-14-11-20-17-7-3-4-10-21(14)17/h1-7,10-11,13H,8-9,12H2. The minimum absolute atomic E-state index is 0.133. The second-order valence-corrected chi connectivity index (χ2v) is 5.82. The minimum Gasteiger partial charge on any atom is -0.330 e. The highest BCUT2D eigenvalue weighted by Crippen LogP contribution is 2.30. The van der Waals surface area contributed by atoms with E-state index in [1.165, 1.54) is 6.07 Å². The molecule has 0 aliphatic heterocycles. The van der Waals surface area contributed by atoms with Crippen LogP contribution >= 0.6 is 0 Å². The quantitative estimate of drug-likeness (QED) is 0.742. The summed E-state index contributed by atoms with van der Waals surface area (Å²) in [6.07, 6.45) is 5.64. The number of aromatic nitrogens is 2. The summed E-state index contributed by atoms with van der Waals surface area (Å²) in [5.74, 6) is -0.724. The molecule has 0 spiro atoms. The van der Waals surface area contributed by atoms with Crippen molar-refractivity contribution in [3.63, 3.8) is 0 Å². The van der Waals surface area contributed by atoms with Crippen molar-refractivity contribution < 1.29 is 9.18 Å². The first-order valence-corrected chi connectivity index (χ1v) is 7.70. The minimum atomic E-state index is -0.471. The second-order valence-electron chi connectivity index (χ2n) is 5.82. The molecule has 1 aromatic carbocycles. The molecule has 3 aromatic rings. The molecule has 0 N–H and O–H groups in total. The molecule has 1 saturated carbocycles. The fourth-order valence-electron chi connectivity index (χ4n) is 2.82. The Labute approximate surface area is 133 Å². The van der Waals surface area contributed by atoms with Gasteiger partial charge >= 0.3 is 0 Å². The topological polar surface area (TPSA) is 37.6 Å². The molecule has 2 aromatic heterocycles. The van der Waals surface area contributed by atoms with Crippen LogP contribution in [0, 0.1) is 5.82 Å². The Bertz CT molecular complexity index is 869. The zero-order valence-corrected chi connectivity index (χ0v) is 12.5. The smallest absolute Gasteiger partial charge is 0.257 e. The van der Waals surface area contributed by atoms with Crippen molar-refractivity contribution in [1.82, 2.24) is 14.3 Å². The zero-order chi connectivity index (χ0) is 15.8. The van der Waals surface area contributed by atoms with Crippen LogP contribution < -0.4 is 0 Å². The Hall–Kier alpha value is -2.69. The third-order valence-electron chi connectivity index (χ3n) is 4.18. The lowest BCUT2D eigenvalue weighted by Crippen LogP contribution is -2.33. The Morgan fingerprint density at radius 2 is 2.00 bits per heavy atom. The van der Waals surface area contributed by atoms with E-state index in [-0.39, 0.29) is 17.5 Å². The monoisotopic (exact) mass is 309 g/mol. The van der Waals surface area contributed by atoms with Crippen LogP contribution in [0.4, 0.5) is 4.39 Å². The molecule has 0 radical (unpaired) electrons. The van der Waals surface area contributed by atoms with Gasteiger partial charge in [0.25, 0.3) is 5.91 Å². The highest BCUT2D eigenvalue weighted by molar-refractivity contribution is 5.94. The first kappa shape index (κ1) is 13.9. The van der Waals surface area contributed by atoms with Crippen LogP contribution in [0.3, 0.4) is 0 Å². The van der Waals surface area contributed by atoms with E-state index < -0.39 is 5.82 Å². The van der Waals surface area contributed by atoms with E-state index in [0.29, 0.717) is 6.54 Å². The number of nitrogens with zero attached hydrogens (tertiary/aromatic N) is 3. The molecule has 2 heterocycles. The summed E-state index contributed by atoms with van der Waals surface area (Å²) < 4.78 is 15.9. The van der Waals surface area contributed by atoms with Gasteiger partial charge in [-0.05, 0) is 37.1 Å². The predicted molar refractivity (Wildman–Crippen MR) is 84.5 cm³/mol. The third kappa shape index (κ3) is 2.59. The van der Waals surface area contributed by atoms with Crippen LogP contribution in [0.5, 0.6) is 0 Å². The van der Waals surface area contributed by atoms with E-state index in [2.05, 4.69) is 4.98 Å². The van der Waals surface area contributed by atoms with Gasteiger partial charge in [0.1, 0.15) is 11.5 Å². The number of imidazole rings is 1. The molecule has 1 aliphatic rings. The maximum absolute atomic E-state index is 14.0. The SMILES string of the molecule is O=C(c1ccccc1F)N(Cc1cnc2ccccn12)C1CC1. The maximum Gasteiger partial charge on any atom is 0.257 e. The van der Waals surface area contributed by atoms with Crippen LogP contribution in [0.25, 0.3) is 5.65 Å². The second kappa shape index (κ2) is 5.50. The van der Waals surface area contributed by atoms with Gasteiger partial charge in [-0.25, -0.2) is 9.37 Å². The highest BCUT2D eigenvalue weighted by Gasteiger charge is 2.34. The number of halogens is 1. The zero-order valence-electron chi connectivity index (χ0n) is 12.5. The summed E-state index contributed by atoms with van der Waals surface area (Å²) in [5, 5.41) is 0. The molecule has 1 amide bonds. The molecule has 0 bridgehead atoms. The molecule has 116 valence electrons. The molecular weight excluding hydrogens is 293 g/mol. The normalized spacial score (nSPS) is 14.1. The molecule has 0 saturated heterocycles. The fraction of sp³-hybridized carbons (Fsp3) is 0.222. The highest BCUT2D eigenvalue weighted by atomic mass is 19.1. The number of carbonyl (C=O) groups excluding carboxylic acids is 1. The Balaban J connectivity index is 1.66. The van der Waals surface area contributed by atoms with E-state index in [4.69, 9.17) is 0 Å². The van der Waals surface area contributed by atoms with Crippen molar-refractivity contribution in [2.75, 3.05) is 0 Å². The number of rotatable bonds is 4. The Kier molecular flexibility index (Phi) is 3.33. The fourth-order valence-corrected chi connectivity index (χ4v) is 2.82. The van der Waals surface area contributed by atoms with E-state index in [1.54, 1.807) is 29.3 Å². The average molecular weight is 309 g/mol. The number of carbonyl (C=O) groups is 1. The lowest BCUT2D eigenvalue weighted by molar-refractivity contribution is 0.0722. The molecular formula is C18H16FN3O. The first-order valence-electron chi connectivity index (χ1n) is 7.70. The van der Waals surface area contributed by atoms with Gasteiger partial charge in [-0.2, -0.15) is 0 Å². The van der Waals surface area contributed by atoms with Crippen molar-refractivity contribution >= 4 is 11.6 Å². The van der Waals surface area contributed by atoms with Crippen molar-refractivity contribution in [1.29, 1.82) is 0 Å². The number of fused-ring (bicyclic) bond motifs is 1. The van der Waals surface area contributed by atoms with E-state index >= 15 is 0 Å². The van der Waals surface area contributed by atoms with Crippen molar-refractivity contribution in [3.8, 4) is 0 Å². The summed E-state index contributed by atoms with van der Waals surface area (Å²) >= 11 is 0. The van der Waals surface area contributed by atoms with Crippen LogP contribution in [-0.4, -0.2) is 26.2 Å².